The number of nitrogens with one attached hydrogen (secondary N) is 1. The van der Waals surface area contributed by atoms with Gasteiger partial charge in [-0.1, -0.05) is 35.0 Å². The van der Waals surface area contributed by atoms with E-state index in [1.807, 2.05) is 24.3 Å². The molecule has 1 aromatic heterocycles. The zero-order valence-electron chi connectivity index (χ0n) is 9.89. The average Bonchev–Trinajstić information content (AvgIpc) is 2.37. The van der Waals surface area contributed by atoms with E-state index in [1.54, 1.807) is 0 Å². The summed E-state index contributed by atoms with van der Waals surface area (Å²) in [7, 11) is 0. The third-order valence-corrected chi connectivity index (χ3v) is 3.84. The minimum absolute atomic E-state index is 0.303. The Morgan fingerprint density at radius 1 is 1.18 bits per heavy atom. The molecule has 1 aromatic carbocycles. The number of alkyl halides is 1. The Morgan fingerprint density at radius 2 is 1.88 bits per heavy atom. The lowest BCUT2D eigenvalue weighted by Crippen LogP contribution is -2.26. The van der Waals surface area contributed by atoms with E-state index in [0.717, 1.165) is 16.4 Å². The Kier molecular flexibility index (Phi) is 3.89. The monoisotopic (exact) mass is 294 g/mol. The van der Waals surface area contributed by atoms with E-state index in [0.29, 0.717) is 17.9 Å². The molecule has 2 unspecified atom stereocenters. The highest BCUT2D eigenvalue weighted by Gasteiger charge is 2.12. The van der Waals surface area contributed by atoms with Crippen molar-refractivity contribution in [1.82, 2.24) is 15.2 Å². The number of hydrogen-bond donors (Lipinski definition) is 1. The van der Waals surface area contributed by atoms with Crippen LogP contribution in [0.15, 0.2) is 24.3 Å². The van der Waals surface area contributed by atoms with Gasteiger partial charge in [0, 0.05) is 11.4 Å². The van der Waals surface area contributed by atoms with Crippen LogP contribution in [0.25, 0.3) is 11.0 Å². The molecule has 0 amide bonds. The highest BCUT2D eigenvalue weighted by molar-refractivity contribution is 9.09. The van der Waals surface area contributed by atoms with Gasteiger partial charge in [-0.05, 0) is 25.0 Å². The van der Waals surface area contributed by atoms with Crippen LogP contribution >= 0.6 is 15.9 Å². The molecule has 5 heteroatoms. The maximum atomic E-state index is 4.43. The molecule has 0 aliphatic heterocycles. The lowest BCUT2D eigenvalue weighted by Gasteiger charge is -2.18. The SMILES string of the molecule is CC(CBr)C(C)Nc1nnc2ccccc2n1. The molecule has 0 saturated carbocycles. The average molecular weight is 295 g/mol. The standard InChI is InChI=1S/C12H15BrN4/c1-8(7-13)9(2)14-12-15-10-5-3-4-6-11(10)16-17-12/h3-6,8-9H,7H2,1-2H3,(H,14,15,17). The van der Waals surface area contributed by atoms with Gasteiger partial charge in [0.1, 0.15) is 5.52 Å². The van der Waals surface area contributed by atoms with Crippen molar-refractivity contribution in [3.8, 4) is 0 Å². The molecule has 0 spiro atoms. The second-order valence-electron chi connectivity index (χ2n) is 4.19. The fourth-order valence-electron chi connectivity index (χ4n) is 1.42. The van der Waals surface area contributed by atoms with Crippen LogP contribution in [0.2, 0.25) is 0 Å². The zero-order valence-corrected chi connectivity index (χ0v) is 11.5. The number of halogens is 1. The third-order valence-electron chi connectivity index (χ3n) is 2.81. The van der Waals surface area contributed by atoms with Crippen LogP contribution in [0.5, 0.6) is 0 Å². The summed E-state index contributed by atoms with van der Waals surface area (Å²) in [6.07, 6.45) is 0. The number of anilines is 1. The molecular weight excluding hydrogens is 280 g/mol. The van der Waals surface area contributed by atoms with Crippen LogP contribution in [-0.2, 0) is 0 Å². The maximum Gasteiger partial charge on any atom is 0.243 e. The molecule has 1 heterocycles. The lowest BCUT2D eigenvalue weighted by molar-refractivity contribution is 0.567. The van der Waals surface area contributed by atoms with Crippen LogP contribution in [0.4, 0.5) is 5.95 Å². The molecule has 90 valence electrons. The first-order valence-electron chi connectivity index (χ1n) is 5.62. The summed E-state index contributed by atoms with van der Waals surface area (Å²) in [6.45, 7) is 4.28. The van der Waals surface area contributed by atoms with Crippen LogP contribution < -0.4 is 5.32 Å². The molecule has 0 bridgehead atoms. The van der Waals surface area contributed by atoms with Crippen LogP contribution in [-0.4, -0.2) is 26.6 Å². The predicted octanol–water partition coefficient (Wildman–Crippen LogP) is 2.86. The van der Waals surface area contributed by atoms with Gasteiger partial charge in [0.2, 0.25) is 5.95 Å². The summed E-state index contributed by atoms with van der Waals surface area (Å²) in [5, 5.41) is 12.4. The van der Waals surface area contributed by atoms with Crippen LogP contribution in [0, 0.1) is 5.92 Å². The number of aromatic nitrogens is 3. The molecule has 0 fully saturated rings. The summed E-state index contributed by atoms with van der Waals surface area (Å²) >= 11 is 3.47. The van der Waals surface area contributed by atoms with Crippen molar-refractivity contribution in [2.45, 2.75) is 19.9 Å². The van der Waals surface area contributed by atoms with Gasteiger partial charge in [-0.3, -0.25) is 0 Å². The van der Waals surface area contributed by atoms with E-state index in [2.05, 4.69) is 50.3 Å². The van der Waals surface area contributed by atoms with Crippen molar-refractivity contribution >= 4 is 32.9 Å². The molecule has 0 aliphatic rings. The number of para-hydroxylation sites is 1. The number of fused-ring (bicyclic) bond motifs is 1. The largest absolute Gasteiger partial charge is 0.350 e. The van der Waals surface area contributed by atoms with Crippen molar-refractivity contribution in [2.75, 3.05) is 10.6 Å². The van der Waals surface area contributed by atoms with Gasteiger partial charge in [0.05, 0.1) is 5.52 Å². The van der Waals surface area contributed by atoms with Crippen molar-refractivity contribution in [3.05, 3.63) is 24.3 Å². The molecule has 2 aromatic rings. The molecule has 2 rings (SSSR count). The van der Waals surface area contributed by atoms with Gasteiger partial charge in [-0.15, -0.1) is 10.2 Å². The third kappa shape index (κ3) is 2.91. The summed E-state index contributed by atoms with van der Waals surface area (Å²) in [6, 6.07) is 8.03. The number of nitrogens with zero attached hydrogens (tertiary/aromatic N) is 3. The topological polar surface area (TPSA) is 50.7 Å². The Balaban J connectivity index is 2.19. The highest BCUT2D eigenvalue weighted by atomic mass is 79.9. The van der Waals surface area contributed by atoms with Gasteiger partial charge in [0.25, 0.3) is 0 Å². The first-order valence-corrected chi connectivity index (χ1v) is 6.75. The molecule has 4 nitrogen and oxygen atoms in total. The smallest absolute Gasteiger partial charge is 0.243 e. The van der Waals surface area contributed by atoms with Gasteiger partial charge < -0.3 is 5.32 Å². The number of rotatable bonds is 4. The van der Waals surface area contributed by atoms with E-state index in [-0.39, 0.29) is 0 Å². The Hall–Kier alpha value is -1.23. The normalized spacial score (nSPS) is 14.5. The molecule has 2 atom stereocenters. The van der Waals surface area contributed by atoms with E-state index in [9.17, 15) is 0 Å². The van der Waals surface area contributed by atoms with Crippen molar-refractivity contribution in [2.24, 2.45) is 5.92 Å². The Labute approximate surface area is 109 Å². The number of hydrogen-bond acceptors (Lipinski definition) is 4. The lowest BCUT2D eigenvalue weighted by atomic mass is 10.1. The van der Waals surface area contributed by atoms with Gasteiger partial charge >= 0.3 is 0 Å². The van der Waals surface area contributed by atoms with Crippen LogP contribution in [0.1, 0.15) is 13.8 Å². The minimum Gasteiger partial charge on any atom is -0.350 e. The maximum absolute atomic E-state index is 4.43. The molecule has 0 saturated heterocycles. The van der Waals surface area contributed by atoms with Crippen molar-refractivity contribution in [1.29, 1.82) is 0 Å². The summed E-state index contributed by atoms with van der Waals surface area (Å²) in [4.78, 5) is 4.43. The summed E-state index contributed by atoms with van der Waals surface area (Å²) in [5.74, 6) is 1.09. The first-order chi connectivity index (χ1) is 8.20. The summed E-state index contributed by atoms with van der Waals surface area (Å²) < 4.78 is 0. The second-order valence-corrected chi connectivity index (χ2v) is 4.84. The fraction of sp³-hybridized carbons (Fsp3) is 0.417. The van der Waals surface area contributed by atoms with Crippen molar-refractivity contribution in [3.63, 3.8) is 0 Å². The number of benzene rings is 1. The van der Waals surface area contributed by atoms with E-state index >= 15 is 0 Å². The summed E-state index contributed by atoms with van der Waals surface area (Å²) in [5.41, 5.74) is 1.68. The Bertz CT molecular complexity index is 503. The second kappa shape index (κ2) is 5.40. The first kappa shape index (κ1) is 12.2. The molecule has 0 radical (unpaired) electrons. The molecule has 17 heavy (non-hydrogen) atoms. The molecule has 0 aliphatic carbocycles. The van der Waals surface area contributed by atoms with E-state index in [1.165, 1.54) is 0 Å². The minimum atomic E-state index is 0.303. The Morgan fingerprint density at radius 3 is 2.59 bits per heavy atom. The van der Waals surface area contributed by atoms with Gasteiger partial charge in [-0.25, -0.2) is 4.98 Å². The van der Waals surface area contributed by atoms with E-state index in [4.69, 9.17) is 0 Å². The molecular formula is C12H15BrN4. The highest BCUT2D eigenvalue weighted by Crippen LogP contribution is 2.13. The van der Waals surface area contributed by atoms with Gasteiger partial charge in [-0.2, -0.15) is 0 Å². The van der Waals surface area contributed by atoms with Crippen LogP contribution in [0.3, 0.4) is 0 Å². The predicted molar refractivity (Wildman–Crippen MR) is 73.4 cm³/mol. The zero-order chi connectivity index (χ0) is 12.3. The molecule has 1 N–H and O–H groups in total. The fourth-order valence-corrected chi connectivity index (χ4v) is 1.98. The van der Waals surface area contributed by atoms with E-state index < -0.39 is 0 Å². The quantitative estimate of drug-likeness (QED) is 0.881. The van der Waals surface area contributed by atoms with Gasteiger partial charge in [0.15, 0.2) is 0 Å². The van der Waals surface area contributed by atoms with Crippen molar-refractivity contribution < 1.29 is 0 Å².